The smallest absolute Gasteiger partial charge is 0.406 e. The van der Waals surface area contributed by atoms with Gasteiger partial charge in [0, 0.05) is 19.2 Å². The molecule has 0 radical (unpaired) electrons. The number of carbonyl (C=O) groups is 2. The molecule has 1 saturated carbocycles. The number of hydrogen-bond acceptors (Lipinski definition) is 16. The molecule has 1 fully saturated rings. The summed E-state index contributed by atoms with van der Waals surface area (Å²) in [4.78, 5) is 37.6. The summed E-state index contributed by atoms with van der Waals surface area (Å²) >= 11 is 0. The third kappa shape index (κ3) is 10.9. The Kier molecular flexibility index (Phi) is 14.7. The van der Waals surface area contributed by atoms with E-state index in [0.29, 0.717) is 0 Å². The number of esters is 2. The molecule has 2 aromatic rings. The maximum atomic E-state index is 14.2. The van der Waals surface area contributed by atoms with Crippen LogP contribution in [0.1, 0.15) is 46.6 Å². The maximum Gasteiger partial charge on any atom is 0.406 e. The number of aliphatic hydroxyl groups excluding tert-OH is 1. The molecule has 278 valence electrons. The van der Waals surface area contributed by atoms with Crippen molar-refractivity contribution in [3.8, 4) is 5.88 Å². The van der Waals surface area contributed by atoms with Crippen molar-refractivity contribution in [2.45, 2.75) is 77.6 Å². The standard InChI is InChI=1S/C32H49N6O11P/c1-18(2)13-23(30(41)49-19(3)4)38-50(43,48-17-25(39)46-15-21-11-9-8-10-12-21)47-16-24(44-6)27(40)32(42)20(5)22(32)14-35-26-28(33)36-31(34)37-29(26)45-7/h8-12,14,18-20,22-24,27,40,42H,13,15-17H2,1-7H3,(H,38,43)(H4,33,34,36,37)/t20?,22?,23-,24?,27?,32-,50?/m0/s1. The fraction of sp³-hybridized carbons (Fsp3) is 0.594. The minimum absolute atomic E-state index is 0.0204. The van der Waals surface area contributed by atoms with E-state index in [0.717, 1.165) is 5.56 Å². The van der Waals surface area contributed by atoms with Crippen LogP contribution in [-0.2, 0) is 44.0 Å². The van der Waals surface area contributed by atoms with Crippen LogP contribution in [0.3, 0.4) is 0 Å². The van der Waals surface area contributed by atoms with Crippen LogP contribution in [0.25, 0.3) is 0 Å². The molecule has 0 spiro atoms. The summed E-state index contributed by atoms with van der Waals surface area (Å²) in [6.07, 6.45) is -1.77. The van der Waals surface area contributed by atoms with Gasteiger partial charge in [-0.1, -0.05) is 51.1 Å². The molecule has 1 aromatic carbocycles. The number of nitrogens with zero attached hydrogens (tertiary/aromatic N) is 3. The van der Waals surface area contributed by atoms with Gasteiger partial charge in [0.25, 0.3) is 0 Å². The van der Waals surface area contributed by atoms with Crippen molar-refractivity contribution in [1.29, 1.82) is 0 Å². The summed E-state index contributed by atoms with van der Waals surface area (Å²) in [5.74, 6) is -2.97. The van der Waals surface area contributed by atoms with Crippen LogP contribution < -0.4 is 21.3 Å². The first-order chi connectivity index (χ1) is 23.5. The number of anilines is 2. The summed E-state index contributed by atoms with van der Waals surface area (Å²) in [6, 6.07) is 7.77. The van der Waals surface area contributed by atoms with E-state index in [4.69, 9.17) is 39.5 Å². The van der Waals surface area contributed by atoms with Gasteiger partial charge < -0.3 is 40.6 Å². The fourth-order valence-electron chi connectivity index (χ4n) is 5.17. The van der Waals surface area contributed by atoms with Gasteiger partial charge in [-0.15, -0.1) is 0 Å². The molecule has 1 aliphatic carbocycles. The van der Waals surface area contributed by atoms with Crippen molar-refractivity contribution in [2.24, 2.45) is 22.7 Å². The molecule has 1 heterocycles. The first kappa shape index (κ1) is 40.7. The molecule has 1 aromatic heterocycles. The average molecular weight is 725 g/mol. The molecule has 0 amide bonds. The second kappa shape index (κ2) is 18.0. The Bertz CT molecular complexity index is 1510. The Labute approximate surface area is 291 Å². The summed E-state index contributed by atoms with van der Waals surface area (Å²) < 4.78 is 46.5. The van der Waals surface area contributed by atoms with Crippen LogP contribution in [0.5, 0.6) is 5.88 Å². The first-order valence-electron chi connectivity index (χ1n) is 16.1. The second-order valence-corrected chi connectivity index (χ2v) is 14.3. The molecule has 18 heteroatoms. The minimum atomic E-state index is -4.52. The van der Waals surface area contributed by atoms with Crippen LogP contribution in [0, 0.1) is 17.8 Å². The van der Waals surface area contributed by atoms with Crippen molar-refractivity contribution in [3.63, 3.8) is 0 Å². The van der Waals surface area contributed by atoms with E-state index in [1.54, 1.807) is 45.0 Å². The van der Waals surface area contributed by atoms with E-state index < -0.39 is 74.7 Å². The van der Waals surface area contributed by atoms with Gasteiger partial charge >= 0.3 is 19.7 Å². The molecule has 0 bridgehead atoms. The van der Waals surface area contributed by atoms with E-state index in [1.807, 2.05) is 19.9 Å². The normalized spacial score (nSPS) is 21.8. The number of nitrogens with one attached hydrogen (secondary N) is 1. The second-order valence-electron chi connectivity index (χ2n) is 12.5. The lowest BCUT2D eigenvalue weighted by molar-refractivity contribution is -0.150. The molecular weight excluding hydrogens is 675 g/mol. The zero-order valence-corrected chi connectivity index (χ0v) is 30.2. The summed E-state index contributed by atoms with van der Waals surface area (Å²) in [6.45, 7) is 7.27. The van der Waals surface area contributed by atoms with Gasteiger partial charge in [-0.3, -0.25) is 18.8 Å². The number of rotatable bonds is 20. The molecule has 7 N–H and O–H groups in total. The third-order valence-electron chi connectivity index (χ3n) is 7.94. The van der Waals surface area contributed by atoms with Gasteiger partial charge in [-0.05, 0) is 37.7 Å². The van der Waals surface area contributed by atoms with Crippen LogP contribution in [0.15, 0.2) is 35.3 Å². The van der Waals surface area contributed by atoms with E-state index in [2.05, 4.69) is 20.0 Å². The van der Waals surface area contributed by atoms with Crippen molar-refractivity contribution < 1.29 is 52.4 Å². The lowest BCUT2D eigenvalue weighted by atomic mass is 10.0. The average Bonchev–Trinajstić information content (AvgIpc) is 3.60. The zero-order valence-electron chi connectivity index (χ0n) is 29.3. The van der Waals surface area contributed by atoms with E-state index in [-0.39, 0.29) is 42.3 Å². The number of carbonyl (C=O) groups excluding carboxylic acids is 2. The SMILES string of the molecule is COc1nc(N)nc(N)c1N=CC1C(C)[C@@]1(O)C(O)C(COP(=O)(N[C@@H](CC(C)C)C(=O)OC(C)C)OCC(=O)OCc1ccccc1)OC. The number of nitrogens with two attached hydrogens (primary N) is 2. The monoisotopic (exact) mass is 724 g/mol. The number of hydrogen-bond donors (Lipinski definition) is 5. The predicted octanol–water partition coefficient (Wildman–Crippen LogP) is 2.57. The summed E-state index contributed by atoms with van der Waals surface area (Å²) in [7, 11) is -1.91. The summed E-state index contributed by atoms with van der Waals surface area (Å²) in [5.41, 5.74) is 10.6. The Morgan fingerprint density at radius 3 is 2.40 bits per heavy atom. The number of benzene rings is 1. The quantitative estimate of drug-likeness (QED) is 0.0748. The van der Waals surface area contributed by atoms with Gasteiger partial charge in [-0.2, -0.15) is 9.97 Å². The molecule has 7 atom stereocenters. The van der Waals surface area contributed by atoms with Gasteiger partial charge in [0.05, 0.1) is 19.8 Å². The van der Waals surface area contributed by atoms with Crippen molar-refractivity contribution in [2.75, 3.05) is 38.9 Å². The highest BCUT2D eigenvalue weighted by Crippen LogP contribution is 2.53. The highest BCUT2D eigenvalue weighted by Gasteiger charge is 2.66. The molecule has 5 unspecified atom stereocenters. The largest absolute Gasteiger partial charge is 0.479 e. The van der Waals surface area contributed by atoms with Gasteiger partial charge in [0.1, 0.15) is 30.5 Å². The van der Waals surface area contributed by atoms with Gasteiger partial charge in [0.2, 0.25) is 11.8 Å². The Hall–Kier alpha value is -3.70. The molecular formula is C32H49N6O11P. The lowest BCUT2D eigenvalue weighted by Crippen LogP contribution is -2.45. The van der Waals surface area contributed by atoms with Crippen LogP contribution in [0.4, 0.5) is 17.5 Å². The van der Waals surface area contributed by atoms with Crippen molar-refractivity contribution in [3.05, 3.63) is 35.9 Å². The number of nitrogen functional groups attached to an aromatic ring is 2. The Morgan fingerprint density at radius 1 is 1.12 bits per heavy atom. The minimum Gasteiger partial charge on any atom is -0.479 e. The topological polar surface area (TPSA) is 249 Å². The van der Waals surface area contributed by atoms with Gasteiger partial charge in [-0.25, -0.2) is 14.4 Å². The highest BCUT2D eigenvalue weighted by molar-refractivity contribution is 7.51. The number of aromatic nitrogens is 2. The number of methoxy groups -OCH3 is 2. The molecule has 50 heavy (non-hydrogen) atoms. The van der Waals surface area contributed by atoms with E-state index in [1.165, 1.54) is 20.4 Å². The van der Waals surface area contributed by atoms with E-state index >= 15 is 0 Å². The predicted molar refractivity (Wildman–Crippen MR) is 183 cm³/mol. The van der Waals surface area contributed by atoms with Crippen LogP contribution in [-0.4, -0.2) is 95.7 Å². The molecule has 17 nitrogen and oxygen atoms in total. The summed E-state index contributed by atoms with van der Waals surface area (Å²) in [5, 5.41) is 25.4. The van der Waals surface area contributed by atoms with Gasteiger partial charge in [0.15, 0.2) is 18.1 Å². The van der Waals surface area contributed by atoms with E-state index in [9.17, 15) is 24.4 Å². The Morgan fingerprint density at radius 2 is 1.80 bits per heavy atom. The van der Waals surface area contributed by atoms with Crippen LogP contribution in [0.2, 0.25) is 0 Å². The highest BCUT2D eigenvalue weighted by atomic mass is 31.2. The number of aliphatic imine (C=N–C) groups is 1. The number of ether oxygens (including phenoxy) is 4. The molecule has 1 aliphatic rings. The Balaban J connectivity index is 1.77. The lowest BCUT2D eigenvalue weighted by Gasteiger charge is -2.30. The number of aliphatic hydroxyl groups is 2. The van der Waals surface area contributed by atoms with Crippen LogP contribution >= 0.6 is 7.75 Å². The van der Waals surface area contributed by atoms with Crippen molar-refractivity contribution >= 4 is 43.4 Å². The molecule has 3 rings (SSSR count). The molecule has 0 saturated heterocycles. The molecule has 0 aliphatic heterocycles. The third-order valence-corrected chi connectivity index (χ3v) is 9.52. The zero-order chi connectivity index (χ0) is 37.2. The first-order valence-corrected chi connectivity index (χ1v) is 17.6. The fourth-order valence-corrected chi connectivity index (χ4v) is 6.60. The maximum absolute atomic E-state index is 14.2. The van der Waals surface area contributed by atoms with Crippen molar-refractivity contribution in [1.82, 2.24) is 15.1 Å².